The summed E-state index contributed by atoms with van der Waals surface area (Å²) in [6, 6.07) is 18.5. The lowest BCUT2D eigenvalue weighted by Gasteiger charge is -2.21. The molecule has 0 aliphatic carbocycles. The molecule has 0 radical (unpaired) electrons. The van der Waals surface area contributed by atoms with Gasteiger partial charge in [0, 0.05) is 44.6 Å². The van der Waals surface area contributed by atoms with Crippen molar-refractivity contribution in [2.45, 2.75) is 43.5 Å². The van der Waals surface area contributed by atoms with Crippen LogP contribution in [0.25, 0.3) is 6.08 Å². The molecule has 0 spiro atoms. The van der Waals surface area contributed by atoms with Crippen molar-refractivity contribution in [2.24, 2.45) is 0 Å². The molecular weight excluding hydrogens is 466 g/mol. The third-order valence-electron chi connectivity index (χ3n) is 5.55. The van der Waals surface area contributed by atoms with Crippen LogP contribution >= 0.6 is 0 Å². The molecule has 4 rings (SSSR count). The number of carbonyl (C=O) groups is 1. The molecule has 1 saturated heterocycles. The van der Waals surface area contributed by atoms with Crippen LogP contribution in [-0.2, 0) is 37.5 Å². The Labute approximate surface area is 205 Å². The second kappa shape index (κ2) is 11.9. The normalized spacial score (nSPS) is 16.4. The van der Waals surface area contributed by atoms with E-state index in [1.165, 1.54) is 30.1 Å². The molecule has 0 bridgehead atoms. The van der Waals surface area contributed by atoms with Gasteiger partial charge in [-0.3, -0.25) is 4.79 Å². The predicted octanol–water partition coefficient (Wildman–Crippen LogP) is 3.60. The topological polar surface area (TPSA) is 98.7 Å². The van der Waals surface area contributed by atoms with E-state index < -0.39 is 22.2 Å². The number of ether oxygens (including phenoxy) is 1. The molecule has 2 heterocycles. The lowest BCUT2D eigenvalue weighted by atomic mass is 10.2. The minimum Gasteiger partial charge on any atom is -0.350 e. The van der Waals surface area contributed by atoms with Gasteiger partial charge in [0.15, 0.2) is 6.29 Å². The summed E-state index contributed by atoms with van der Waals surface area (Å²) in [7, 11) is -3.74. The second-order valence-electron chi connectivity index (χ2n) is 8.23. The Balaban J connectivity index is 1.30. The van der Waals surface area contributed by atoms with E-state index in [1.807, 2.05) is 18.2 Å². The van der Waals surface area contributed by atoms with Crippen molar-refractivity contribution < 1.29 is 22.8 Å². The molecule has 8 nitrogen and oxygen atoms in total. The summed E-state index contributed by atoms with van der Waals surface area (Å²) in [5.74, 6) is -0.453. The van der Waals surface area contributed by atoms with Gasteiger partial charge >= 0.3 is 0 Å². The van der Waals surface area contributed by atoms with Crippen LogP contribution in [0.15, 0.2) is 84.0 Å². The van der Waals surface area contributed by atoms with E-state index in [1.54, 1.807) is 30.3 Å². The van der Waals surface area contributed by atoms with Crippen LogP contribution in [0.4, 0.5) is 0 Å². The van der Waals surface area contributed by atoms with Crippen molar-refractivity contribution in [3.63, 3.8) is 0 Å². The fourth-order valence-electron chi connectivity index (χ4n) is 3.62. The van der Waals surface area contributed by atoms with Crippen molar-refractivity contribution >= 4 is 22.0 Å². The van der Waals surface area contributed by atoms with E-state index >= 15 is 0 Å². The summed E-state index contributed by atoms with van der Waals surface area (Å²) in [6.07, 6.45) is 8.00. The fraction of sp³-hybridized carbons (Fsp3) is 0.269. The van der Waals surface area contributed by atoms with Gasteiger partial charge in [0.25, 0.3) is 15.9 Å². The zero-order valence-electron chi connectivity index (χ0n) is 19.3. The van der Waals surface area contributed by atoms with E-state index in [4.69, 9.17) is 9.57 Å². The Hall–Kier alpha value is -3.24. The van der Waals surface area contributed by atoms with E-state index in [2.05, 4.69) is 22.9 Å². The highest BCUT2D eigenvalue weighted by Gasteiger charge is 2.17. The molecule has 184 valence electrons. The Morgan fingerprint density at radius 3 is 2.49 bits per heavy atom. The number of amides is 1. The minimum atomic E-state index is -3.74. The summed E-state index contributed by atoms with van der Waals surface area (Å²) in [6.45, 7) is 1.98. The number of nitrogens with one attached hydrogen (secondary N) is 2. The van der Waals surface area contributed by atoms with Gasteiger partial charge in [0.2, 0.25) is 0 Å². The number of carbonyl (C=O) groups excluding carboxylic acids is 1. The number of aromatic nitrogens is 1. The average Bonchev–Trinajstić information content (AvgIpc) is 3.38. The summed E-state index contributed by atoms with van der Waals surface area (Å²) >= 11 is 0. The molecule has 1 aliphatic heterocycles. The number of hydrogen-bond donors (Lipinski definition) is 2. The molecule has 9 heteroatoms. The molecule has 2 aromatic carbocycles. The molecule has 3 aromatic rings. The number of hydroxylamine groups is 1. The maximum atomic E-state index is 13.0. The van der Waals surface area contributed by atoms with Crippen LogP contribution in [0, 0.1) is 0 Å². The number of rotatable bonds is 10. The maximum Gasteiger partial charge on any atom is 0.267 e. The van der Waals surface area contributed by atoms with E-state index in [-0.39, 0.29) is 4.90 Å². The summed E-state index contributed by atoms with van der Waals surface area (Å²) in [5, 5.41) is 3.35. The highest BCUT2D eigenvalue weighted by molar-refractivity contribution is 7.90. The summed E-state index contributed by atoms with van der Waals surface area (Å²) in [4.78, 5) is 17.4. The van der Waals surface area contributed by atoms with Crippen molar-refractivity contribution in [3.8, 4) is 0 Å². The molecule has 2 N–H and O–H groups in total. The molecule has 0 saturated carbocycles. The highest BCUT2D eigenvalue weighted by Crippen LogP contribution is 2.17. The monoisotopic (exact) mass is 495 g/mol. The predicted molar refractivity (Wildman–Crippen MR) is 132 cm³/mol. The lowest BCUT2D eigenvalue weighted by molar-refractivity contribution is -0.198. The first-order valence-electron chi connectivity index (χ1n) is 11.5. The van der Waals surface area contributed by atoms with Gasteiger partial charge in [-0.25, -0.2) is 22.7 Å². The summed E-state index contributed by atoms with van der Waals surface area (Å²) < 4.78 is 32.5. The first kappa shape index (κ1) is 24.9. The Morgan fingerprint density at radius 2 is 1.77 bits per heavy atom. The van der Waals surface area contributed by atoms with Gasteiger partial charge < -0.3 is 10.1 Å². The van der Waals surface area contributed by atoms with Crippen LogP contribution in [0.1, 0.15) is 36.0 Å². The van der Waals surface area contributed by atoms with Crippen LogP contribution in [0.3, 0.4) is 0 Å². The fourth-order valence-corrected chi connectivity index (χ4v) is 4.83. The molecule has 1 amide bonds. The van der Waals surface area contributed by atoms with Crippen molar-refractivity contribution in [1.82, 2.24) is 14.8 Å². The van der Waals surface area contributed by atoms with Gasteiger partial charge in [0.1, 0.15) is 0 Å². The Bertz CT molecular complexity index is 1230. The minimum absolute atomic E-state index is 0.189. The molecule has 1 fully saturated rings. The first-order valence-corrected chi connectivity index (χ1v) is 13.0. The van der Waals surface area contributed by atoms with E-state index in [9.17, 15) is 13.2 Å². The molecule has 1 aromatic heterocycles. The molecule has 1 aliphatic rings. The molecule has 1 atom stereocenters. The zero-order chi connectivity index (χ0) is 24.5. The SMILES string of the molecule is O=C(/C=C/c1ccn(S(=O)(=O)c2ccc(CNCc3ccccc3)cc2)c1)NOC1CCCCO1. The van der Waals surface area contributed by atoms with Gasteiger partial charge in [-0.15, -0.1) is 0 Å². The standard InChI is InChI=1S/C26H29N3O5S/c30-25(28-34-26-8-4-5-17-33-26)14-11-23-15-16-29(20-23)35(31,32)24-12-9-22(10-13-24)19-27-18-21-6-2-1-3-7-21/h1-3,6-7,9-16,20,26-27H,4-5,8,17-19H2,(H,28,30)/b14-11+. The number of hydrogen-bond acceptors (Lipinski definition) is 6. The van der Waals surface area contributed by atoms with Gasteiger partial charge in [-0.05, 0) is 53.8 Å². The largest absolute Gasteiger partial charge is 0.350 e. The van der Waals surface area contributed by atoms with E-state index in [0.29, 0.717) is 18.7 Å². The van der Waals surface area contributed by atoms with Crippen LogP contribution in [0.2, 0.25) is 0 Å². The van der Waals surface area contributed by atoms with Crippen molar-refractivity contribution in [2.75, 3.05) is 6.61 Å². The lowest BCUT2D eigenvalue weighted by Crippen LogP contribution is -2.32. The van der Waals surface area contributed by atoms with Gasteiger partial charge in [0.05, 0.1) is 4.90 Å². The Morgan fingerprint density at radius 1 is 1.03 bits per heavy atom. The molecule has 35 heavy (non-hydrogen) atoms. The van der Waals surface area contributed by atoms with Gasteiger partial charge in [-0.2, -0.15) is 0 Å². The van der Waals surface area contributed by atoms with Crippen LogP contribution in [-0.4, -0.2) is 31.2 Å². The second-order valence-corrected chi connectivity index (χ2v) is 10.1. The number of nitrogens with zero attached hydrogens (tertiary/aromatic N) is 1. The third-order valence-corrected chi connectivity index (χ3v) is 7.20. The Kier molecular flexibility index (Phi) is 8.49. The van der Waals surface area contributed by atoms with Crippen LogP contribution in [0.5, 0.6) is 0 Å². The van der Waals surface area contributed by atoms with Gasteiger partial charge in [-0.1, -0.05) is 42.5 Å². The maximum absolute atomic E-state index is 13.0. The first-order chi connectivity index (χ1) is 17.0. The van der Waals surface area contributed by atoms with Crippen LogP contribution < -0.4 is 10.8 Å². The zero-order valence-corrected chi connectivity index (χ0v) is 20.1. The smallest absolute Gasteiger partial charge is 0.267 e. The highest BCUT2D eigenvalue weighted by atomic mass is 32.2. The summed E-state index contributed by atoms with van der Waals surface area (Å²) in [5.41, 5.74) is 5.08. The quantitative estimate of drug-likeness (QED) is 0.329. The van der Waals surface area contributed by atoms with E-state index in [0.717, 1.165) is 35.3 Å². The molecular formula is C26H29N3O5S. The third kappa shape index (κ3) is 7.12. The molecule has 1 unspecified atom stereocenters. The average molecular weight is 496 g/mol. The van der Waals surface area contributed by atoms with Crippen molar-refractivity contribution in [1.29, 1.82) is 0 Å². The number of benzene rings is 2. The van der Waals surface area contributed by atoms with Crippen molar-refractivity contribution in [3.05, 3.63) is 95.8 Å².